The number of hydrogen-bond acceptors (Lipinski definition) is 28. The molecule has 8 aromatic carbocycles. The number of amides is 2. The fourth-order valence-electron chi connectivity index (χ4n) is 18.7. The van der Waals surface area contributed by atoms with Gasteiger partial charge in [0.25, 0.3) is 23.1 Å². The van der Waals surface area contributed by atoms with Crippen molar-refractivity contribution in [1.29, 1.82) is 0 Å². The van der Waals surface area contributed by atoms with E-state index in [9.17, 15) is 49.6 Å². The number of Topliss-reactive ketones (excluding diaryl/α,β-unsaturated/α-hetero) is 2. The molecule has 30 nitrogen and oxygen atoms in total. The predicted octanol–water partition coefficient (Wildman–Crippen LogP) is 20.4. The van der Waals surface area contributed by atoms with Gasteiger partial charge in [0.15, 0.2) is 11.5 Å². The second-order valence-corrected chi connectivity index (χ2v) is 38.7. The lowest BCUT2D eigenvalue weighted by Crippen LogP contribution is -2.38. The molecule has 10 atom stereocenters. The highest BCUT2D eigenvalue weighted by Gasteiger charge is 2.48. The van der Waals surface area contributed by atoms with Crippen LogP contribution in [0.2, 0.25) is 0 Å². The third-order valence-electron chi connectivity index (χ3n) is 26.2. The van der Waals surface area contributed by atoms with E-state index in [-0.39, 0.29) is 123 Å². The number of allylic oxidation sites excluding steroid dienone is 4. The van der Waals surface area contributed by atoms with Crippen molar-refractivity contribution in [1.82, 2.24) is 30.9 Å². The molecule has 16 rings (SSSR count). The number of para-hydroxylation sites is 2. The summed E-state index contributed by atoms with van der Waals surface area (Å²) in [6.45, 7) is 22.5. The number of ether oxygens (including phenoxy) is 8. The number of rotatable bonds is 48. The molecule has 32 heteroatoms. The first-order valence-corrected chi connectivity index (χ1v) is 50.5. The van der Waals surface area contributed by atoms with Gasteiger partial charge >= 0.3 is 0 Å². The molecular weight excluding hydrogens is 1870 g/mol. The maximum atomic E-state index is 14.2. The molecule has 2 saturated carbocycles. The average molecular weight is 1990 g/mol. The first-order valence-electron chi connectivity index (χ1n) is 48.7. The zero-order chi connectivity index (χ0) is 101. The number of nitro benzene ring substituents is 2. The highest BCUT2D eigenvalue weighted by molar-refractivity contribution is 7.13. The highest BCUT2D eigenvalue weighted by Crippen LogP contribution is 2.45. The number of hydrogen-bond donors (Lipinski definition) is 4. The number of aliphatic hydroxyl groups is 2. The Kier molecular flexibility index (Phi) is 36.8. The van der Waals surface area contributed by atoms with Gasteiger partial charge in [0.05, 0.1) is 143 Å². The number of nitro groups is 2. The maximum absolute atomic E-state index is 14.2. The fourth-order valence-corrected chi connectivity index (χ4v) is 20.3. The summed E-state index contributed by atoms with van der Waals surface area (Å²) in [5.41, 5.74) is 21.0. The minimum Gasteiger partial charge on any atom is -0.491 e. The molecular formula is C112H122N10O20S2. The van der Waals surface area contributed by atoms with E-state index in [2.05, 4.69) is 101 Å². The van der Waals surface area contributed by atoms with Crippen LogP contribution in [-0.4, -0.2) is 168 Å². The minimum atomic E-state index is -0.766. The third-order valence-corrected chi connectivity index (χ3v) is 28.1. The van der Waals surface area contributed by atoms with Crippen LogP contribution >= 0.6 is 22.7 Å². The SMILES string of the molecule is Cc1ncsc1-c1ccc([C@H](C)NC(=O)[C@@H]2C[C@@H](O)CC2C(=O)[C@@H](c2cc(OCCOCCOCCOc3ccc(CN4C/C(=C\C=C\c5ccc([N+](=O)[O-])cc5)c5ccccc54)cc3)no2)C(C)C)cc1.Cc1ncsc1-c1ccc([C@H](C)NC(=O)[C@@H]2C[C@@H](O)CC2C(=O)[C@H](c2cc(OCCOCCOCCOc3ccc(CN4C/C(=C\C=C\c5ccc([N+](=O)[O-])cc5)c5ccccc54)cc3)no2)C(C)C)cc1. The van der Waals surface area contributed by atoms with Crippen molar-refractivity contribution in [2.45, 2.75) is 130 Å². The number of aromatic nitrogens is 4. The molecule has 0 saturated heterocycles. The molecule has 4 aliphatic rings. The van der Waals surface area contributed by atoms with Gasteiger partial charge in [-0.3, -0.25) is 39.4 Å². The van der Waals surface area contributed by atoms with Gasteiger partial charge in [-0.25, -0.2) is 9.97 Å². The molecule has 2 aliphatic carbocycles. The summed E-state index contributed by atoms with van der Waals surface area (Å²) in [5.74, 6) is -2.55. The number of thiazole rings is 2. The Morgan fingerprint density at radius 3 is 1.15 bits per heavy atom. The number of carbonyl (C=O) groups excluding carboxylic acids is 4. The molecule has 0 spiro atoms. The quantitative estimate of drug-likeness (QED) is 0.0156. The highest BCUT2D eigenvalue weighted by atomic mass is 32.1. The summed E-state index contributed by atoms with van der Waals surface area (Å²) in [6, 6.07) is 64.6. The van der Waals surface area contributed by atoms with Crippen LogP contribution in [0.15, 0.2) is 251 Å². The van der Waals surface area contributed by atoms with Crippen molar-refractivity contribution in [2.75, 3.05) is 102 Å². The normalized spacial score (nSPS) is 17.9. The Labute approximate surface area is 845 Å². The number of nitrogens with zero attached hydrogens (tertiary/aromatic N) is 8. The summed E-state index contributed by atoms with van der Waals surface area (Å²) in [6.07, 6.45) is 11.4. The fraction of sp³-hybridized carbons (Fsp3) is 0.357. The lowest BCUT2D eigenvalue weighted by molar-refractivity contribution is -0.385. The van der Waals surface area contributed by atoms with E-state index in [1.165, 1.54) is 57.9 Å². The van der Waals surface area contributed by atoms with E-state index in [1.54, 1.807) is 59.1 Å². The monoisotopic (exact) mass is 1990 g/mol. The number of ketones is 2. The van der Waals surface area contributed by atoms with Gasteiger partial charge < -0.3 is 77.6 Å². The molecule has 0 radical (unpaired) electrons. The number of aliphatic hydroxyl groups excluding tert-OH is 2. The molecule has 6 heterocycles. The summed E-state index contributed by atoms with van der Waals surface area (Å²) < 4.78 is 57.5. The second kappa shape index (κ2) is 50.8. The van der Waals surface area contributed by atoms with Crippen molar-refractivity contribution >= 4 is 92.1 Å². The molecule has 0 bridgehead atoms. The van der Waals surface area contributed by atoms with Crippen LogP contribution in [0.1, 0.15) is 159 Å². The number of carbonyl (C=O) groups is 4. The first-order chi connectivity index (χ1) is 69.8. The van der Waals surface area contributed by atoms with Gasteiger partial charge in [-0.15, -0.1) is 22.7 Å². The Morgan fingerprint density at radius 2 is 0.799 bits per heavy atom. The first kappa shape index (κ1) is 104. The van der Waals surface area contributed by atoms with Crippen molar-refractivity contribution in [3.63, 3.8) is 0 Å². The zero-order valence-electron chi connectivity index (χ0n) is 82.0. The van der Waals surface area contributed by atoms with Crippen LogP contribution in [0.5, 0.6) is 23.3 Å². The number of aryl methyl sites for hydroxylation is 2. The van der Waals surface area contributed by atoms with Gasteiger partial charge in [0.1, 0.15) is 49.5 Å². The topological polar surface area (TPSA) is 377 Å². The van der Waals surface area contributed by atoms with E-state index in [1.807, 2.05) is 188 Å². The zero-order valence-corrected chi connectivity index (χ0v) is 83.6. The van der Waals surface area contributed by atoms with Crippen LogP contribution in [0.3, 0.4) is 0 Å². The van der Waals surface area contributed by atoms with Gasteiger partial charge in [-0.05, 0) is 192 Å². The number of anilines is 2. The number of non-ortho nitro benzene ring substituents is 2. The maximum Gasteiger partial charge on any atom is 0.269 e. The number of benzene rings is 8. The lowest BCUT2D eigenvalue weighted by atomic mass is 9.79. The Bertz CT molecular complexity index is 6030. The van der Waals surface area contributed by atoms with E-state index >= 15 is 0 Å². The summed E-state index contributed by atoms with van der Waals surface area (Å²) in [4.78, 5) is 92.5. The largest absolute Gasteiger partial charge is 0.491 e. The summed E-state index contributed by atoms with van der Waals surface area (Å²) >= 11 is 3.17. The van der Waals surface area contributed by atoms with Crippen LogP contribution < -0.4 is 39.4 Å². The van der Waals surface area contributed by atoms with Crippen molar-refractivity contribution < 1.29 is 86.2 Å². The van der Waals surface area contributed by atoms with E-state index < -0.39 is 57.6 Å². The minimum absolute atomic E-state index is 0.0731. The van der Waals surface area contributed by atoms with Gasteiger partial charge in [0, 0.05) is 96.9 Å². The molecule has 4 N–H and O–H groups in total. The Balaban J connectivity index is 0.000000217. The Hall–Kier alpha value is -14.0. The molecule has 2 unspecified atom stereocenters. The number of nitrogens with one attached hydrogen (secondary N) is 2. The van der Waals surface area contributed by atoms with E-state index in [0.29, 0.717) is 64.4 Å². The summed E-state index contributed by atoms with van der Waals surface area (Å²) in [5, 5.41) is 57.7. The van der Waals surface area contributed by atoms with E-state index in [4.69, 9.17) is 46.9 Å². The van der Waals surface area contributed by atoms with Gasteiger partial charge in [0.2, 0.25) is 11.8 Å². The summed E-state index contributed by atoms with van der Waals surface area (Å²) in [7, 11) is 0. The molecule has 12 aromatic rings. The lowest BCUT2D eigenvalue weighted by Gasteiger charge is -2.25. The van der Waals surface area contributed by atoms with Gasteiger partial charge in [-0.2, -0.15) is 0 Å². The van der Waals surface area contributed by atoms with Gasteiger partial charge in [-0.1, -0.05) is 173 Å². The molecule has 4 aromatic heterocycles. The second-order valence-electron chi connectivity index (χ2n) is 37.0. The molecule has 752 valence electrons. The smallest absolute Gasteiger partial charge is 0.269 e. The van der Waals surface area contributed by atoms with Crippen molar-refractivity contribution in [2.24, 2.45) is 35.5 Å². The molecule has 2 amide bonds. The molecule has 2 fully saturated rings. The third kappa shape index (κ3) is 27.9. The van der Waals surface area contributed by atoms with Crippen LogP contribution in [-0.2, 0) is 51.2 Å². The molecule has 144 heavy (non-hydrogen) atoms. The van der Waals surface area contributed by atoms with Crippen LogP contribution in [0.4, 0.5) is 22.7 Å². The predicted molar refractivity (Wildman–Crippen MR) is 554 cm³/mol. The van der Waals surface area contributed by atoms with E-state index in [0.717, 1.165) is 103 Å². The standard InChI is InChI=1S/2C56H61N5O10S/c2*1-36(2)53(54(63)48-30-45(62)31-49(48)56(64)58-37(3)41-16-18-42(19-17-41)55-38(4)57-35-72-55)51-32-52(59-71-51)70-29-27-68-25-24-67-26-28-69-46-22-14-40(15-23-46)33-60-34-43(47-10-5-6-11-50(47)60)9-7-8-39-12-20-44(21-13-39)61(65)66/h2*5-23,32,35-37,45,48-49,53,62H,24-31,33-34H2,1-4H3,(H,58,64)/b2*8-7+,43-9+/t37-,45-,48?,49+,53+;37-,45-,48?,49+,53-/m00/s1. The van der Waals surface area contributed by atoms with Crippen molar-refractivity contribution in [3.05, 3.63) is 329 Å². The average Bonchev–Trinajstić information content (AvgIpc) is 1.67. The van der Waals surface area contributed by atoms with Crippen LogP contribution in [0.25, 0.3) is 44.2 Å². The Morgan fingerprint density at radius 1 is 0.451 bits per heavy atom. The van der Waals surface area contributed by atoms with Crippen LogP contribution in [0, 0.1) is 69.6 Å². The number of fused-ring (bicyclic) bond motifs is 2. The van der Waals surface area contributed by atoms with Crippen molar-refractivity contribution in [3.8, 4) is 44.1 Å². The molecule has 2 aliphatic heterocycles.